The highest BCUT2D eigenvalue weighted by molar-refractivity contribution is 5.95. The largest absolute Gasteiger partial charge is 0.309 e. The van der Waals surface area contributed by atoms with E-state index in [1.807, 2.05) is 17.0 Å². The summed E-state index contributed by atoms with van der Waals surface area (Å²) in [6, 6.07) is 8.19. The first-order valence-electron chi connectivity index (χ1n) is 6.86. The summed E-state index contributed by atoms with van der Waals surface area (Å²) in [5.41, 5.74) is 1.83. The quantitative estimate of drug-likeness (QED) is 0.842. The van der Waals surface area contributed by atoms with Crippen LogP contribution in [0, 0.1) is 6.92 Å². The fraction of sp³-hybridized carbons (Fsp3) is 0.562. The molecule has 0 spiro atoms. The molecule has 1 saturated heterocycles. The van der Waals surface area contributed by atoms with Crippen LogP contribution >= 0.6 is 0 Å². The molecule has 19 heavy (non-hydrogen) atoms. The molecular weight excluding hydrogens is 236 g/mol. The van der Waals surface area contributed by atoms with Crippen LogP contribution in [-0.2, 0) is 4.79 Å². The molecule has 0 atom stereocenters. The van der Waals surface area contributed by atoms with Gasteiger partial charge in [0.2, 0.25) is 5.91 Å². The number of benzene rings is 1. The smallest absolute Gasteiger partial charge is 0.229 e. The Balaban J connectivity index is 2.40. The van der Waals surface area contributed by atoms with Crippen molar-refractivity contribution >= 4 is 11.6 Å². The van der Waals surface area contributed by atoms with E-state index in [-0.39, 0.29) is 17.0 Å². The van der Waals surface area contributed by atoms with Gasteiger partial charge in [-0.3, -0.25) is 4.79 Å². The van der Waals surface area contributed by atoms with E-state index in [0.29, 0.717) is 6.42 Å². The standard InChI is InChI=1S/C16H24N2O/c1-12-6-8-13(9-7-12)18-14(19)10-15(2,3)17-11-16(18,4)5/h6-9,17H,10-11H2,1-5H3. The number of carbonyl (C=O) groups is 1. The highest BCUT2D eigenvalue weighted by Gasteiger charge is 2.39. The van der Waals surface area contributed by atoms with Crippen molar-refractivity contribution < 1.29 is 4.79 Å². The third kappa shape index (κ3) is 2.98. The average molecular weight is 260 g/mol. The number of amides is 1. The number of hydrogen-bond acceptors (Lipinski definition) is 2. The number of carbonyl (C=O) groups excluding carboxylic acids is 1. The predicted octanol–water partition coefficient (Wildman–Crippen LogP) is 2.88. The Morgan fingerprint density at radius 1 is 1.11 bits per heavy atom. The monoisotopic (exact) mass is 260 g/mol. The maximum absolute atomic E-state index is 12.6. The van der Waals surface area contributed by atoms with Crippen molar-refractivity contribution in [3.8, 4) is 0 Å². The maximum Gasteiger partial charge on any atom is 0.229 e. The summed E-state index contributed by atoms with van der Waals surface area (Å²) >= 11 is 0. The van der Waals surface area contributed by atoms with E-state index in [4.69, 9.17) is 0 Å². The van der Waals surface area contributed by atoms with Crippen molar-refractivity contribution in [2.24, 2.45) is 0 Å². The maximum atomic E-state index is 12.6. The van der Waals surface area contributed by atoms with Gasteiger partial charge in [-0.25, -0.2) is 0 Å². The third-order valence-corrected chi connectivity index (χ3v) is 3.74. The topological polar surface area (TPSA) is 32.3 Å². The Hall–Kier alpha value is -1.35. The summed E-state index contributed by atoms with van der Waals surface area (Å²) in [7, 11) is 0. The second-order valence-electron chi connectivity index (χ2n) is 6.79. The lowest BCUT2D eigenvalue weighted by molar-refractivity contribution is -0.120. The van der Waals surface area contributed by atoms with Crippen molar-refractivity contribution in [3.63, 3.8) is 0 Å². The van der Waals surface area contributed by atoms with E-state index < -0.39 is 0 Å². The number of hydrogen-bond donors (Lipinski definition) is 1. The molecule has 1 heterocycles. The van der Waals surface area contributed by atoms with Crippen LogP contribution < -0.4 is 10.2 Å². The third-order valence-electron chi connectivity index (χ3n) is 3.74. The zero-order valence-corrected chi connectivity index (χ0v) is 12.6. The van der Waals surface area contributed by atoms with Crippen LogP contribution in [0.5, 0.6) is 0 Å². The van der Waals surface area contributed by atoms with Gasteiger partial charge in [0.05, 0.1) is 5.54 Å². The highest BCUT2D eigenvalue weighted by atomic mass is 16.2. The zero-order chi connectivity index (χ0) is 14.3. The van der Waals surface area contributed by atoms with Gasteiger partial charge in [-0.15, -0.1) is 0 Å². The van der Waals surface area contributed by atoms with Crippen LogP contribution in [0.25, 0.3) is 0 Å². The predicted molar refractivity (Wildman–Crippen MR) is 79.4 cm³/mol. The second kappa shape index (κ2) is 4.64. The van der Waals surface area contributed by atoms with Gasteiger partial charge in [-0.2, -0.15) is 0 Å². The summed E-state index contributed by atoms with van der Waals surface area (Å²) in [6.07, 6.45) is 0.518. The molecule has 0 unspecified atom stereocenters. The molecule has 1 aliphatic rings. The summed E-state index contributed by atoms with van der Waals surface area (Å²) in [5, 5.41) is 3.49. The molecule has 1 fully saturated rings. The van der Waals surface area contributed by atoms with E-state index in [0.717, 1.165) is 12.2 Å². The minimum Gasteiger partial charge on any atom is -0.309 e. The first-order valence-corrected chi connectivity index (χ1v) is 6.86. The Morgan fingerprint density at radius 2 is 1.68 bits per heavy atom. The molecule has 1 amide bonds. The fourth-order valence-corrected chi connectivity index (χ4v) is 2.58. The van der Waals surface area contributed by atoms with Gasteiger partial charge in [-0.05, 0) is 46.8 Å². The number of nitrogens with zero attached hydrogens (tertiary/aromatic N) is 1. The lowest BCUT2D eigenvalue weighted by atomic mass is 10.0. The van der Waals surface area contributed by atoms with Crippen molar-refractivity contribution in [1.82, 2.24) is 5.32 Å². The molecule has 0 saturated carbocycles. The lowest BCUT2D eigenvalue weighted by Crippen LogP contribution is -2.51. The molecule has 1 aromatic carbocycles. The van der Waals surface area contributed by atoms with E-state index in [1.54, 1.807) is 0 Å². The molecule has 3 heteroatoms. The van der Waals surface area contributed by atoms with Crippen LogP contribution in [0.15, 0.2) is 24.3 Å². The lowest BCUT2D eigenvalue weighted by Gasteiger charge is -2.37. The molecule has 104 valence electrons. The van der Waals surface area contributed by atoms with E-state index in [9.17, 15) is 4.79 Å². The minimum absolute atomic E-state index is 0.145. The Morgan fingerprint density at radius 3 is 2.26 bits per heavy atom. The molecular formula is C16H24N2O. The Labute approximate surface area is 116 Å². The first kappa shape index (κ1) is 14.1. The van der Waals surface area contributed by atoms with Crippen LogP contribution in [-0.4, -0.2) is 23.5 Å². The molecule has 0 aliphatic carbocycles. The number of anilines is 1. The van der Waals surface area contributed by atoms with Crippen LogP contribution in [0.1, 0.15) is 39.7 Å². The molecule has 0 bridgehead atoms. The van der Waals surface area contributed by atoms with E-state index >= 15 is 0 Å². The molecule has 1 N–H and O–H groups in total. The summed E-state index contributed by atoms with van der Waals surface area (Å²) in [6.45, 7) is 11.2. The van der Waals surface area contributed by atoms with Gasteiger partial charge in [0, 0.05) is 24.2 Å². The molecule has 0 radical (unpaired) electrons. The Kier molecular flexibility index (Phi) is 3.43. The first-order chi connectivity index (χ1) is 8.71. The summed E-state index contributed by atoms with van der Waals surface area (Å²) in [4.78, 5) is 14.6. The van der Waals surface area contributed by atoms with Crippen LogP contribution in [0.4, 0.5) is 5.69 Å². The highest BCUT2D eigenvalue weighted by Crippen LogP contribution is 2.29. The van der Waals surface area contributed by atoms with Gasteiger partial charge in [0.1, 0.15) is 0 Å². The van der Waals surface area contributed by atoms with Crippen molar-refractivity contribution in [2.75, 3.05) is 11.4 Å². The van der Waals surface area contributed by atoms with Crippen LogP contribution in [0.2, 0.25) is 0 Å². The van der Waals surface area contributed by atoms with Crippen molar-refractivity contribution in [1.29, 1.82) is 0 Å². The molecule has 1 aliphatic heterocycles. The fourth-order valence-electron chi connectivity index (χ4n) is 2.58. The Bertz CT molecular complexity index is 474. The number of aryl methyl sites for hydroxylation is 1. The van der Waals surface area contributed by atoms with Crippen molar-refractivity contribution in [2.45, 2.75) is 52.1 Å². The molecule has 3 nitrogen and oxygen atoms in total. The normalized spacial score (nSPS) is 22.2. The SMILES string of the molecule is Cc1ccc(N2C(=O)CC(C)(C)NCC2(C)C)cc1. The average Bonchev–Trinajstić information content (AvgIpc) is 2.36. The second-order valence-corrected chi connectivity index (χ2v) is 6.79. The van der Waals surface area contributed by atoms with Gasteiger partial charge in [0.25, 0.3) is 0 Å². The van der Waals surface area contributed by atoms with Gasteiger partial charge in [-0.1, -0.05) is 17.7 Å². The summed E-state index contributed by atoms with van der Waals surface area (Å²) in [5.74, 6) is 0.184. The molecule has 0 aromatic heterocycles. The van der Waals surface area contributed by atoms with Crippen LogP contribution in [0.3, 0.4) is 0 Å². The van der Waals surface area contributed by atoms with Gasteiger partial charge >= 0.3 is 0 Å². The zero-order valence-electron chi connectivity index (χ0n) is 12.6. The number of nitrogens with one attached hydrogen (secondary N) is 1. The van der Waals surface area contributed by atoms with Gasteiger partial charge in [0.15, 0.2) is 0 Å². The molecule has 1 aromatic rings. The molecule has 2 rings (SSSR count). The number of rotatable bonds is 1. The van der Waals surface area contributed by atoms with Crippen molar-refractivity contribution in [3.05, 3.63) is 29.8 Å². The minimum atomic E-state index is -0.222. The van der Waals surface area contributed by atoms with Gasteiger partial charge < -0.3 is 10.2 Å². The van der Waals surface area contributed by atoms with E-state index in [1.165, 1.54) is 5.56 Å². The summed E-state index contributed by atoms with van der Waals surface area (Å²) < 4.78 is 0. The van der Waals surface area contributed by atoms with E-state index in [2.05, 4.69) is 52.1 Å².